The normalized spacial score (nSPS) is 22.3. The highest BCUT2D eigenvalue weighted by molar-refractivity contribution is 7.98. The molecule has 4 heterocycles. The van der Waals surface area contributed by atoms with E-state index >= 15 is 0 Å². The molecule has 2 bridgehead atoms. The fourth-order valence-corrected chi connectivity index (χ4v) is 5.08. The Balaban J connectivity index is 1.44. The van der Waals surface area contributed by atoms with E-state index in [4.69, 9.17) is 9.97 Å². The molecule has 8 nitrogen and oxygen atoms in total. The summed E-state index contributed by atoms with van der Waals surface area (Å²) in [6.07, 6.45) is 7.42. The standard InChI is InChI=1S/C22H26N8S/c1-31-17-5-3-2-4-16(17)27-21-18-19(20(26-12-25-18)24-9-13-6-7-13)28-22(29-21)30-11-14-8-15(30)10-23-14/h2-5,12-15,23H,6-11H2,1H3,(H,24,25,26)(H,27,28,29)/t14-,15-/m0/s1. The van der Waals surface area contributed by atoms with Crippen LogP contribution in [0, 0.1) is 5.92 Å². The van der Waals surface area contributed by atoms with Gasteiger partial charge in [-0.15, -0.1) is 11.8 Å². The van der Waals surface area contributed by atoms with Crippen LogP contribution in [-0.4, -0.2) is 57.9 Å². The maximum absolute atomic E-state index is 4.97. The maximum Gasteiger partial charge on any atom is 0.228 e. The zero-order valence-electron chi connectivity index (χ0n) is 17.5. The summed E-state index contributed by atoms with van der Waals surface area (Å²) in [5.41, 5.74) is 2.56. The van der Waals surface area contributed by atoms with E-state index in [1.165, 1.54) is 17.7 Å². The van der Waals surface area contributed by atoms with E-state index in [-0.39, 0.29) is 0 Å². The first kappa shape index (κ1) is 19.1. The van der Waals surface area contributed by atoms with Gasteiger partial charge in [-0.1, -0.05) is 12.1 Å². The number of anilines is 4. The van der Waals surface area contributed by atoms with Gasteiger partial charge in [0.25, 0.3) is 0 Å². The number of fused-ring (bicyclic) bond motifs is 3. The number of rotatable bonds is 7. The van der Waals surface area contributed by atoms with Crippen molar-refractivity contribution in [3.63, 3.8) is 0 Å². The van der Waals surface area contributed by atoms with Crippen LogP contribution >= 0.6 is 11.8 Å². The van der Waals surface area contributed by atoms with Crippen molar-refractivity contribution >= 4 is 46.1 Å². The number of benzene rings is 1. The number of hydrogen-bond acceptors (Lipinski definition) is 9. The van der Waals surface area contributed by atoms with E-state index in [1.54, 1.807) is 18.1 Å². The molecule has 3 N–H and O–H groups in total. The summed E-state index contributed by atoms with van der Waals surface area (Å²) < 4.78 is 0. The minimum absolute atomic E-state index is 0.446. The lowest BCUT2D eigenvalue weighted by atomic mass is 10.2. The largest absolute Gasteiger partial charge is 0.368 e. The molecule has 6 rings (SSSR count). The molecule has 1 saturated carbocycles. The van der Waals surface area contributed by atoms with Gasteiger partial charge in [0.2, 0.25) is 5.95 Å². The van der Waals surface area contributed by atoms with Gasteiger partial charge in [0.05, 0.1) is 5.69 Å². The number of para-hydroxylation sites is 1. The number of aromatic nitrogens is 4. The van der Waals surface area contributed by atoms with Crippen LogP contribution in [-0.2, 0) is 0 Å². The molecule has 0 radical (unpaired) electrons. The molecular weight excluding hydrogens is 408 g/mol. The van der Waals surface area contributed by atoms with E-state index in [0.717, 1.165) is 66.3 Å². The molecule has 3 aliphatic rings. The van der Waals surface area contributed by atoms with Crippen LogP contribution in [0.1, 0.15) is 19.3 Å². The molecule has 31 heavy (non-hydrogen) atoms. The fourth-order valence-electron chi connectivity index (χ4n) is 4.53. The van der Waals surface area contributed by atoms with Gasteiger partial charge >= 0.3 is 0 Å². The van der Waals surface area contributed by atoms with Crippen LogP contribution in [0.15, 0.2) is 35.5 Å². The summed E-state index contributed by atoms with van der Waals surface area (Å²) in [5, 5.41) is 10.6. The number of piperazine rings is 1. The third-order valence-corrected chi connectivity index (χ3v) is 7.19. The van der Waals surface area contributed by atoms with Crippen molar-refractivity contribution in [2.75, 3.05) is 41.4 Å². The molecule has 2 aliphatic heterocycles. The second kappa shape index (κ2) is 7.80. The Morgan fingerprint density at radius 1 is 1.13 bits per heavy atom. The lowest BCUT2D eigenvalue weighted by molar-refractivity contribution is 0.572. The smallest absolute Gasteiger partial charge is 0.228 e. The highest BCUT2D eigenvalue weighted by Gasteiger charge is 2.39. The Morgan fingerprint density at radius 2 is 2.03 bits per heavy atom. The van der Waals surface area contributed by atoms with Crippen molar-refractivity contribution in [3.05, 3.63) is 30.6 Å². The predicted octanol–water partition coefficient (Wildman–Crippen LogP) is 3.26. The third-order valence-electron chi connectivity index (χ3n) is 6.40. The van der Waals surface area contributed by atoms with Gasteiger partial charge in [-0.05, 0) is 43.6 Å². The van der Waals surface area contributed by atoms with Crippen LogP contribution < -0.4 is 20.9 Å². The minimum atomic E-state index is 0.446. The molecule has 160 valence electrons. The van der Waals surface area contributed by atoms with Gasteiger partial charge in [0, 0.05) is 36.6 Å². The third kappa shape index (κ3) is 3.65. The van der Waals surface area contributed by atoms with E-state index in [0.29, 0.717) is 12.1 Å². The molecule has 0 amide bonds. The Kier molecular flexibility index (Phi) is 4.80. The fraction of sp³-hybridized carbons (Fsp3) is 0.455. The summed E-state index contributed by atoms with van der Waals surface area (Å²) in [4.78, 5) is 22.6. The Bertz CT molecular complexity index is 1120. The Hall–Kier alpha value is -2.65. The van der Waals surface area contributed by atoms with Gasteiger partial charge in [-0.2, -0.15) is 4.98 Å². The van der Waals surface area contributed by atoms with Crippen molar-refractivity contribution in [2.45, 2.75) is 36.2 Å². The molecule has 0 spiro atoms. The summed E-state index contributed by atoms with van der Waals surface area (Å²) in [6, 6.07) is 9.25. The summed E-state index contributed by atoms with van der Waals surface area (Å²) >= 11 is 1.71. The first-order chi connectivity index (χ1) is 15.3. The summed E-state index contributed by atoms with van der Waals surface area (Å²) in [7, 11) is 0. The monoisotopic (exact) mass is 434 g/mol. The number of thioether (sulfide) groups is 1. The van der Waals surface area contributed by atoms with Gasteiger partial charge in [0.1, 0.15) is 17.4 Å². The molecular formula is C22H26N8S. The predicted molar refractivity (Wildman–Crippen MR) is 125 cm³/mol. The molecule has 1 aliphatic carbocycles. The lowest BCUT2D eigenvalue weighted by Crippen LogP contribution is -2.44. The zero-order chi connectivity index (χ0) is 20.8. The van der Waals surface area contributed by atoms with Gasteiger partial charge in [0.15, 0.2) is 11.6 Å². The van der Waals surface area contributed by atoms with Crippen LogP contribution in [0.5, 0.6) is 0 Å². The van der Waals surface area contributed by atoms with E-state index < -0.39 is 0 Å². The molecule has 2 atom stereocenters. The molecule has 3 aromatic rings. The lowest BCUT2D eigenvalue weighted by Gasteiger charge is -2.28. The molecule has 2 aromatic heterocycles. The average molecular weight is 435 g/mol. The molecule has 3 fully saturated rings. The SMILES string of the molecule is CSc1ccccc1Nc1nc(N2C[C@@H]3C[C@H]2CN3)nc2c(NCC3CC3)ncnc12. The first-order valence-electron chi connectivity index (χ1n) is 10.9. The summed E-state index contributed by atoms with van der Waals surface area (Å²) in [5.74, 6) is 3.03. The molecule has 1 aromatic carbocycles. The topological polar surface area (TPSA) is 90.9 Å². The van der Waals surface area contributed by atoms with Crippen molar-refractivity contribution in [2.24, 2.45) is 5.92 Å². The second-order valence-corrected chi connectivity index (χ2v) is 9.44. The zero-order valence-corrected chi connectivity index (χ0v) is 18.3. The van der Waals surface area contributed by atoms with Crippen LogP contribution in [0.2, 0.25) is 0 Å². The van der Waals surface area contributed by atoms with Crippen LogP contribution in [0.3, 0.4) is 0 Å². The molecule has 2 saturated heterocycles. The number of nitrogens with zero attached hydrogens (tertiary/aromatic N) is 5. The number of nitrogens with one attached hydrogen (secondary N) is 3. The highest BCUT2D eigenvalue weighted by Crippen LogP contribution is 2.35. The quantitative estimate of drug-likeness (QED) is 0.485. The maximum atomic E-state index is 4.97. The Labute approximate surface area is 185 Å². The minimum Gasteiger partial charge on any atom is -0.368 e. The van der Waals surface area contributed by atoms with Crippen molar-refractivity contribution in [3.8, 4) is 0 Å². The van der Waals surface area contributed by atoms with E-state index in [2.05, 4.69) is 55.3 Å². The first-order valence-corrected chi connectivity index (χ1v) is 12.2. The molecule has 9 heteroatoms. The van der Waals surface area contributed by atoms with Gasteiger partial charge < -0.3 is 20.9 Å². The average Bonchev–Trinajstić information content (AvgIpc) is 3.39. The van der Waals surface area contributed by atoms with Crippen LogP contribution in [0.25, 0.3) is 11.0 Å². The van der Waals surface area contributed by atoms with Crippen molar-refractivity contribution in [1.82, 2.24) is 25.3 Å². The Morgan fingerprint density at radius 3 is 2.81 bits per heavy atom. The van der Waals surface area contributed by atoms with E-state index in [1.807, 2.05) is 6.07 Å². The van der Waals surface area contributed by atoms with Gasteiger partial charge in [-0.25, -0.2) is 15.0 Å². The highest BCUT2D eigenvalue weighted by atomic mass is 32.2. The van der Waals surface area contributed by atoms with Gasteiger partial charge in [-0.3, -0.25) is 0 Å². The molecule has 0 unspecified atom stereocenters. The summed E-state index contributed by atoms with van der Waals surface area (Å²) in [6.45, 7) is 2.86. The van der Waals surface area contributed by atoms with Crippen LogP contribution in [0.4, 0.5) is 23.3 Å². The van der Waals surface area contributed by atoms with E-state index in [9.17, 15) is 0 Å². The second-order valence-electron chi connectivity index (χ2n) is 8.59. The van der Waals surface area contributed by atoms with Crippen molar-refractivity contribution in [1.29, 1.82) is 0 Å². The van der Waals surface area contributed by atoms with Crippen molar-refractivity contribution < 1.29 is 0 Å². The number of hydrogen-bond donors (Lipinski definition) is 3.